The second-order valence-electron chi connectivity index (χ2n) is 3.60. The molecule has 0 aromatic heterocycles. The van der Waals surface area contributed by atoms with Crippen molar-refractivity contribution in [2.24, 2.45) is 0 Å². The molecule has 0 heterocycles. The first kappa shape index (κ1) is 12.4. The zero-order valence-electron chi connectivity index (χ0n) is 9.38. The lowest BCUT2D eigenvalue weighted by molar-refractivity contribution is -0.385. The van der Waals surface area contributed by atoms with Gasteiger partial charge in [-0.3, -0.25) is 10.1 Å². The molecule has 0 fully saturated rings. The van der Waals surface area contributed by atoms with Gasteiger partial charge in [0.2, 0.25) is 0 Å². The number of halogens is 1. The van der Waals surface area contributed by atoms with Crippen LogP contribution in [0.1, 0.15) is 5.56 Å². The van der Waals surface area contributed by atoms with Crippen LogP contribution in [0.5, 0.6) is 5.75 Å². The quantitative estimate of drug-likeness (QED) is 0.622. The molecule has 92 valence electrons. The summed E-state index contributed by atoms with van der Waals surface area (Å²) in [5.41, 5.74) is 0.738. The molecule has 0 aliphatic carbocycles. The van der Waals surface area contributed by atoms with E-state index in [0.717, 1.165) is 5.56 Å². The van der Waals surface area contributed by atoms with E-state index in [1.807, 2.05) is 18.2 Å². The van der Waals surface area contributed by atoms with E-state index in [-0.39, 0.29) is 18.0 Å². The Morgan fingerprint density at radius 1 is 1.11 bits per heavy atom. The van der Waals surface area contributed by atoms with Crippen molar-refractivity contribution in [3.05, 3.63) is 69.2 Å². The summed E-state index contributed by atoms with van der Waals surface area (Å²) in [6.45, 7) is 0.199. The molecule has 0 spiro atoms. The lowest BCUT2D eigenvalue weighted by atomic mass is 10.2. The summed E-state index contributed by atoms with van der Waals surface area (Å²) >= 11 is 5.98. The predicted octanol–water partition coefficient (Wildman–Crippen LogP) is 3.83. The van der Waals surface area contributed by atoms with E-state index < -0.39 is 4.92 Å². The Morgan fingerprint density at radius 3 is 2.50 bits per heavy atom. The fraction of sp³-hybridized carbons (Fsp3) is 0.0769. The van der Waals surface area contributed by atoms with Crippen molar-refractivity contribution in [2.75, 3.05) is 0 Å². The third-order valence-corrected chi connectivity index (χ3v) is 2.77. The largest absolute Gasteiger partial charge is 0.482 e. The second kappa shape index (κ2) is 5.51. The summed E-state index contributed by atoms with van der Waals surface area (Å²) < 4.78 is 5.44. The van der Waals surface area contributed by atoms with E-state index in [1.165, 1.54) is 6.07 Å². The first-order chi connectivity index (χ1) is 8.68. The normalized spacial score (nSPS) is 10.1. The summed E-state index contributed by atoms with van der Waals surface area (Å²) in [5, 5.41) is 11.4. The van der Waals surface area contributed by atoms with Crippen molar-refractivity contribution in [3.63, 3.8) is 0 Å². The van der Waals surface area contributed by atoms with Gasteiger partial charge in [0.25, 0.3) is 0 Å². The third-order valence-electron chi connectivity index (χ3n) is 2.40. The summed E-state index contributed by atoms with van der Waals surface area (Å²) in [5.74, 6) is 0.238. The highest BCUT2D eigenvalue weighted by Gasteiger charge is 2.13. The van der Waals surface area contributed by atoms with Crippen molar-refractivity contribution in [3.8, 4) is 5.75 Å². The van der Waals surface area contributed by atoms with Crippen LogP contribution in [0.2, 0.25) is 5.02 Å². The van der Waals surface area contributed by atoms with E-state index in [9.17, 15) is 10.1 Å². The zero-order valence-corrected chi connectivity index (χ0v) is 10.1. The van der Waals surface area contributed by atoms with Crippen LogP contribution >= 0.6 is 11.6 Å². The zero-order chi connectivity index (χ0) is 13.0. The molecule has 0 N–H and O–H groups in total. The van der Waals surface area contributed by atoms with Gasteiger partial charge in [-0.05, 0) is 12.1 Å². The van der Waals surface area contributed by atoms with Crippen LogP contribution in [0.4, 0.5) is 5.69 Å². The highest BCUT2D eigenvalue weighted by molar-refractivity contribution is 6.31. The Bertz CT molecular complexity index is 572. The van der Waals surface area contributed by atoms with E-state index in [2.05, 4.69) is 0 Å². The van der Waals surface area contributed by atoms with Crippen molar-refractivity contribution >= 4 is 17.3 Å². The number of nitro groups is 1. The highest BCUT2D eigenvalue weighted by Crippen LogP contribution is 2.27. The van der Waals surface area contributed by atoms with E-state index >= 15 is 0 Å². The molecule has 2 rings (SSSR count). The Balaban J connectivity index is 2.16. The van der Waals surface area contributed by atoms with Gasteiger partial charge in [-0.1, -0.05) is 41.9 Å². The standard InChI is InChI=1S/C13H10ClNO3/c14-11-6-2-1-5-10(11)9-18-13-8-4-3-7-12(13)15(16)17/h1-8H,9H2. The minimum Gasteiger partial charge on any atom is -0.482 e. The molecule has 18 heavy (non-hydrogen) atoms. The van der Waals surface area contributed by atoms with Crippen LogP contribution in [0, 0.1) is 10.1 Å². The summed E-state index contributed by atoms with van der Waals surface area (Å²) in [7, 11) is 0. The molecule has 4 nitrogen and oxygen atoms in total. The average Bonchev–Trinajstić information content (AvgIpc) is 2.38. The molecule has 2 aromatic rings. The maximum atomic E-state index is 10.8. The lowest BCUT2D eigenvalue weighted by Gasteiger charge is -2.07. The van der Waals surface area contributed by atoms with Gasteiger partial charge in [-0.2, -0.15) is 0 Å². The van der Waals surface area contributed by atoms with Crippen LogP contribution < -0.4 is 4.74 Å². The van der Waals surface area contributed by atoms with Crippen molar-refractivity contribution in [1.82, 2.24) is 0 Å². The van der Waals surface area contributed by atoms with Gasteiger partial charge in [0, 0.05) is 16.7 Å². The number of nitro benzene ring substituents is 1. The smallest absolute Gasteiger partial charge is 0.310 e. The highest BCUT2D eigenvalue weighted by atomic mass is 35.5. The molecule has 0 bridgehead atoms. The number of para-hydroxylation sites is 2. The van der Waals surface area contributed by atoms with Gasteiger partial charge in [0.1, 0.15) is 6.61 Å². The molecule has 0 atom stereocenters. The second-order valence-corrected chi connectivity index (χ2v) is 4.01. The molecule has 0 aliphatic heterocycles. The van der Waals surface area contributed by atoms with Gasteiger partial charge < -0.3 is 4.74 Å². The molecule has 5 heteroatoms. The van der Waals surface area contributed by atoms with Crippen molar-refractivity contribution in [1.29, 1.82) is 0 Å². The van der Waals surface area contributed by atoms with Crippen molar-refractivity contribution in [2.45, 2.75) is 6.61 Å². The number of nitrogens with zero attached hydrogens (tertiary/aromatic N) is 1. The maximum absolute atomic E-state index is 10.8. The van der Waals surface area contributed by atoms with Gasteiger partial charge in [0.15, 0.2) is 5.75 Å². The molecule has 0 amide bonds. The SMILES string of the molecule is O=[N+]([O-])c1ccccc1OCc1ccccc1Cl. The molecule has 0 saturated heterocycles. The number of benzene rings is 2. The number of ether oxygens (including phenoxy) is 1. The van der Waals surface area contributed by atoms with Gasteiger partial charge >= 0.3 is 5.69 Å². The fourth-order valence-electron chi connectivity index (χ4n) is 1.50. The number of hydrogen-bond acceptors (Lipinski definition) is 3. The summed E-state index contributed by atoms with van der Waals surface area (Å²) in [4.78, 5) is 10.3. The minimum absolute atomic E-state index is 0.0513. The number of hydrogen-bond donors (Lipinski definition) is 0. The maximum Gasteiger partial charge on any atom is 0.310 e. The first-order valence-electron chi connectivity index (χ1n) is 5.28. The molecular formula is C13H10ClNO3. The topological polar surface area (TPSA) is 52.4 Å². The third kappa shape index (κ3) is 2.78. The van der Waals surface area contributed by atoms with Gasteiger partial charge in [0.05, 0.1) is 4.92 Å². The van der Waals surface area contributed by atoms with Gasteiger partial charge in [-0.15, -0.1) is 0 Å². The predicted molar refractivity (Wildman–Crippen MR) is 68.9 cm³/mol. The molecule has 0 radical (unpaired) electrons. The summed E-state index contributed by atoms with van der Waals surface area (Å²) in [6.07, 6.45) is 0. The molecule has 0 saturated carbocycles. The monoisotopic (exact) mass is 263 g/mol. The first-order valence-corrected chi connectivity index (χ1v) is 5.66. The van der Waals surface area contributed by atoms with Crippen LogP contribution in [-0.2, 0) is 6.61 Å². The molecule has 0 unspecified atom stereocenters. The van der Waals surface area contributed by atoms with Crippen LogP contribution in [0.3, 0.4) is 0 Å². The Labute approximate surface area is 109 Å². The van der Waals surface area contributed by atoms with E-state index in [0.29, 0.717) is 5.02 Å². The van der Waals surface area contributed by atoms with E-state index in [1.54, 1.807) is 24.3 Å². The fourth-order valence-corrected chi connectivity index (χ4v) is 1.69. The van der Waals surface area contributed by atoms with Crippen molar-refractivity contribution < 1.29 is 9.66 Å². The Morgan fingerprint density at radius 2 is 1.78 bits per heavy atom. The molecule has 0 aliphatic rings. The Hall–Kier alpha value is -2.07. The van der Waals surface area contributed by atoms with Crippen LogP contribution in [-0.4, -0.2) is 4.92 Å². The van der Waals surface area contributed by atoms with Crippen LogP contribution in [0.25, 0.3) is 0 Å². The molecular weight excluding hydrogens is 254 g/mol. The van der Waals surface area contributed by atoms with Crippen LogP contribution in [0.15, 0.2) is 48.5 Å². The summed E-state index contributed by atoms with van der Waals surface area (Å²) in [6, 6.07) is 13.5. The lowest BCUT2D eigenvalue weighted by Crippen LogP contribution is -1.99. The Kier molecular flexibility index (Phi) is 3.79. The minimum atomic E-state index is -0.470. The average molecular weight is 264 g/mol. The van der Waals surface area contributed by atoms with E-state index in [4.69, 9.17) is 16.3 Å². The number of rotatable bonds is 4. The van der Waals surface area contributed by atoms with Gasteiger partial charge in [-0.25, -0.2) is 0 Å². The molecule has 2 aromatic carbocycles.